The lowest BCUT2D eigenvalue weighted by atomic mass is 10.1. The van der Waals surface area contributed by atoms with E-state index in [-0.39, 0.29) is 0 Å². The SMILES string of the molecule is N#Cc1ccc(C(Cl)=C(Cl)c2ccc(C#N)cc2)cc1. The molecule has 0 amide bonds. The zero-order valence-corrected chi connectivity index (χ0v) is 11.8. The molecular weight excluding hydrogens is 291 g/mol. The molecule has 0 unspecified atom stereocenters. The average molecular weight is 299 g/mol. The Hall–Kier alpha value is -2.26. The molecule has 96 valence electrons. The van der Waals surface area contributed by atoms with E-state index in [9.17, 15) is 0 Å². The van der Waals surface area contributed by atoms with Crippen molar-refractivity contribution in [1.29, 1.82) is 10.5 Å². The van der Waals surface area contributed by atoms with E-state index in [2.05, 4.69) is 0 Å². The molecule has 0 aromatic heterocycles. The molecule has 0 atom stereocenters. The summed E-state index contributed by atoms with van der Waals surface area (Å²) in [5.41, 5.74) is 2.60. The van der Waals surface area contributed by atoms with Crippen molar-refractivity contribution < 1.29 is 0 Å². The number of nitrogens with zero attached hydrogens (tertiary/aromatic N) is 2. The van der Waals surface area contributed by atoms with Crippen LogP contribution in [0.2, 0.25) is 0 Å². The van der Waals surface area contributed by atoms with Gasteiger partial charge in [0.1, 0.15) is 0 Å². The minimum Gasteiger partial charge on any atom is -0.192 e. The van der Waals surface area contributed by atoms with Gasteiger partial charge in [0.25, 0.3) is 0 Å². The second kappa shape index (κ2) is 6.26. The number of halogens is 2. The highest BCUT2D eigenvalue weighted by Crippen LogP contribution is 2.32. The fraction of sp³-hybridized carbons (Fsp3) is 0. The maximum atomic E-state index is 8.76. The van der Waals surface area contributed by atoms with Gasteiger partial charge in [-0.25, -0.2) is 0 Å². The third-order valence-electron chi connectivity index (χ3n) is 2.73. The molecule has 0 saturated carbocycles. The zero-order chi connectivity index (χ0) is 14.5. The Bertz CT molecular complexity index is 665. The summed E-state index contributed by atoms with van der Waals surface area (Å²) >= 11 is 12.5. The van der Waals surface area contributed by atoms with Crippen molar-refractivity contribution in [2.45, 2.75) is 0 Å². The summed E-state index contributed by atoms with van der Waals surface area (Å²) in [7, 11) is 0. The van der Waals surface area contributed by atoms with Crippen molar-refractivity contribution in [2.75, 3.05) is 0 Å². The summed E-state index contributed by atoms with van der Waals surface area (Å²) in [6.07, 6.45) is 0. The molecule has 0 radical (unpaired) electrons. The van der Waals surface area contributed by atoms with E-state index >= 15 is 0 Å². The first-order chi connectivity index (χ1) is 9.65. The Morgan fingerprint density at radius 3 is 1.20 bits per heavy atom. The lowest BCUT2D eigenvalue weighted by Crippen LogP contribution is -1.84. The van der Waals surface area contributed by atoms with Crippen LogP contribution in [0.1, 0.15) is 22.3 Å². The lowest BCUT2D eigenvalue weighted by molar-refractivity contribution is 1.48. The van der Waals surface area contributed by atoms with Gasteiger partial charge < -0.3 is 0 Å². The second-order valence-electron chi connectivity index (χ2n) is 4.01. The highest BCUT2D eigenvalue weighted by molar-refractivity contribution is 6.65. The molecule has 0 N–H and O–H groups in total. The predicted molar refractivity (Wildman–Crippen MR) is 80.8 cm³/mol. The van der Waals surface area contributed by atoms with E-state index in [0.29, 0.717) is 21.2 Å². The van der Waals surface area contributed by atoms with Gasteiger partial charge in [0.2, 0.25) is 0 Å². The largest absolute Gasteiger partial charge is 0.192 e. The molecule has 0 heterocycles. The summed E-state index contributed by atoms with van der Waals surface area (Å²) in [4.78, 5) is 0. The van der Waals surface area contributed by atoms with Crippen LogP contribution in [0.3, 0.4) is 0 Å². The molecule has 20 heavy (non-hydrogen) atoms. The first-order valence-electron chi connectivity index (χ1n) is 5.72. The van der Waals surface area contributed by atoms with Crippen LogP contribution < -0.4 is 0 Å². The fourth-order valence-corrected chi connectivity index (χ4v) is 2.11. The number of rotatable bonds is 2. The van der Waals surface area contributed by atoms with Gasteiger partial charge in [0.05, 0.1) is 33.3 Å². The van der Waals surface area contributed by atoms with E-state index in [0.717, 1.165) is 11.1 Å². The maximum Gasteiger partial charge on any atom is 0.0991 e. The number of benzene rings is 2. The second-order valence-corrected chi connectivity index (χ2v) is 4.76. The third-order valence-corrected chi connectivity index (χ3v) is 3.64. The van der Waals surface area contributed by atoms with Crippen LogP contribution in [0.25, 0.3) is 10.1 Å². The van der Waals surface area contributed by atoms with Gasteiger partial charge in [-0.05, 0) is 35.4 Å². The highest BCUT2D eigenvalue weighted by atomic mass is 35.5. The van der Waals surface area contributed by atoms with Gasteiger partial charge in [-0.3, -0.25) is 0 Å². The van der Waals surface area contributed by atoms with E-state index in [1.807, 2.05) is 12.1 Å². The van der Waals surface area contributed by atoms with E-state index in [4.69, 9.17) is 33.7 Å². The molecule has 2 nitrogen and oxygen atoms in total. The van der Waals surface area contributed by atoms with Gasteiger partial charge in [-0.2, -0.15) is 10.5 Å². The molecule has 0 spiro atoms. The Balaban J connectivity index is 2.39. The number of hydrogen-bond donors (Lipinski definition) is 0. The smallest absolute Gasteiger partial charge is 0.0991 e. The van der Waals surface area contributed by atoms with Crippen molar-refractivity contribution in [1.82, 2.24) is 0 Å². The quantitative estimate of drug-likeness (QED) is 0.752. The predicted octanol–water partition coefficient (Wildman–Crippen LogP) is 4.73. The normalized spacial score (nSPS) is 11.2. The maximum absolute atomic E-state index is 8.76. The van der Waals surface area contributed by atoms with Crippen LogP contribution in [0.4, 0.5) is 0 Å². The van der Waals surface area contributed by atoms with E-state index in [1.54, 1.807) is 48.5 Å². The van der Waals surface area contributed by atoms with Crippen molar-refractivity contribution in [3.8, 4) is 12.1 Å². The molecule has 0 saturated heterocycles. The topological polar surface area (TPSA) is 47.6 Å². The van der Waals surface area contributed by atoms with Crippen LogP contribution in [0, 0.1) is 22.7 Å². The van der Waals surface area contributed by atoms with Crippen LogP contribution in [-0.4, -0.2) is 0 Å². The van der Waals surface area contributed by atoms with Gasteiger partial charge >= 0.3 is 0 Å². The van der Waals surface area contributed by atoms with Crippen LogP contribution in [-0.2, 0) is 0 Å². The molecule has 4 heteroatoms. The van der Waals surface area contributed by atoms with Crippen molar-refractivity contribution in [3.05, 3.63) is 70.8 Å². The Morgan fingerprint density at radius 2 is 0.950 bits per heavy atom. The minimum atomic E-state index is 0.404. The Kier molecular flexibility index (Phi) is 4.43. The van der Waals surface area contributed by atoms with Crippen LogP contribution in [0.5, 0.6) is 0 Å². The fourth-order valence-electron chi connectivity index (χ4n) is 1.64. The summed E-state index contributed by atoms with van der Waals surface area (Å²) in [5.74, 6) is 0. The number of nitriles is 2. The first-order valence-corrected chi connectivity index (χ1v) is 6.47. The Labute approximate surface area is 127 Å². The van der Waals surface area contributed by atoms with Crippen molar-refractivity contribution in [2.24, 2.45) is 0 Å². The zero-order valence-electron chi connectivity index (χ0n) is 10.3. The first kappa shape index (κ1) is 14.2. The van der Waals surface area contributed by atoms with Crippen LogP contribution in [0.15, 0.2) is 48.5 Å². The van der Waals surface area contributed by atoms with E-state index in [1.165, 1.54) is 0 Å². The molecule has 0 aliphatic carbocycles. The van der Waals surface area contributed by atoms with Crippen molar-refractivity contribution in [3.63, 3.8) is 0 Å². The molecule has 0 aliphatic rings. The molecule has 2 aromatic carbocycles. The molecule has 2 rings (SSSR count). The monoisotopic (exact) mass is 298 g/mol. The summed E-state index contributed by atoms with van der Waals surface area (Å²) in [6.45, 7) is 0. The van der Waals surface area contributed by atoms with Crippen LogP contribution >= 0.6 is 23.2 Å². The average Bonchev–Trinajstić information content (AvgIpc) is 2.53. The summed E-state index contributed by atoms with van der Waals surface area (Å²) in [6, 6.07) is 17.8. The van der Waals surface area contributed by atoms with Gasteiger partial charge in [0, 0.05) is 0 Å². The molecule has 0 aliphatic heterocycles. The minimum absolute atomic E-state index is 0.404. The molecule has 0 fully saturated rings. The lowest BCUT2D eigenvalue weighted by Gasteiger charge is -2.05. The van der Waals surface area contributed by atoms with Gasteiger partial charge in [0.15, 0.2) is 0 Å². The van der Waals surface area contributed by atoms with Gasteiger partial charge in [-0.15, -0.1) is 0 Å². The molecule has 0 bridgehead atoms. The third kappa shape index (κ3) is 3.00. The van der Waals surface area contributed by atoms with Gasteiger partial charge in [-0.1, -0.05) is 47.5 Å². The number of hydrogen-bond acceptors (Lipinski definition) is 2. The standard InChI is InChI=1S/C16H8Cl2N2/c17-15(13-5-1-11(9-19)2-6-13)16(18)14-7-3-12(10-20)4-8-14/h1-8H. The summed E-state index contributed by atoms with van der Waals surface area (Å²) in [5, 5.41) is 18.3. The Morgan fingerprint density at radius 1 is 0.650 bits per heavy atom. The van der Waals surface area contributed by atoms with Crippen molar-refractivity contribution >= 4 is 33.3 Å². The molecular formula is C16H8Cl2N2. The van der Waals surface area contributed by atoms with E-state index < -0.39 is 0 Å². The summed E-state index contributed by atoms with van der Waals surface area (Å²) < 4.78 is 0. The highest BCUT2D eigenvalue weighted by Gasteiger charge is 2.08. The molecule has 2 aromatic rings.